The van der Waals surface area contributed by atoms with E-state index in [2.05, 4.69) is 55.3 Å². The minimum atomic E-state index is 0.969. The molecule has 0 amide bonds. The number of benzene rings is 1. The second kappa shape index (κ2) is 7.29. The number of nitrogens with one attached hydrogen (secondary N) is 1. The summed E-state index contributed by atoms with van der Waals surface area (Å²) in [6.07, 6.45) is 1.20. The molecule has 0 spiro atoms. The number of hydrogen-bond donors (Lipinski definition) is 1. The van der Waals surface area contributed by atoms with Gasteiger partial charge in [-0.15, -0.1) is 0 Å². The molecule has 0 atom stereocenters. The predicted molar refractivity (Wildman–Crippen MR) is 72.0 cm³/mol. The summed E-state index contributed by atoms with van der Waals surface area (Å²) >= 11 is 0. The molecule has 0 bridgehead atoms. The molecular weight excluding hydrogens is 196 g/mol. The van der Waals surface area contributed by atoms with Crippen LogP contribution in [0.1, 0.15) is 32.8 Å². The van der Waals surface area contributed by atoms with Crippen molar-refractivity contribution in [2.75, 3.05) is 24.5 Å². The molecule has 0 saturated heterocycles. The average Bonchev–Trinajstić information content (AvgIpc) is 2.34. The molecule has 1 rings (SSSR count). The highest BCUT2D eigenvalue weighted by atomic mass is 15.1. The van der Waals surface area contributed by atoms with Crippen molar-refractivity contribution >= 4 is 5.69 Å². The van der Waals surface area contributed by atoms with E-state index in [4.69, 9.17) is 0 Å². The lowest BCUT2D eigenvalue weighted by Crippen LogP contribution is -2.23. The van der Waals surface area contributed by atoms with Crippen LogP contribution in [-0.4, -0.2) is 19.6 Å². The van der Waals surface area contributed by atoms with Crippen LogP contribution in [0.4, 0.5) is 5.69 Å². The molecule has 2 heteroatoms. The topological polar surface area (TPSA) is 15.3 Å². The lowest BCUT2D eigenvalue weighted by Gasteiger charge is -2.22. The fourth-order valence-corrected chi connectivity index (χ4v) is 1.83. The van der Waals surface area contributed by atoms with Crippen molar-refractivity contribution in [3.05, 3.63) is 29.8 Å². The maximum atomic E-state index is 3.34. The third-order valence-electron chi connectivity index (χ3n) is 2.76. The molecule has 1 N–H and O–H groups in total. The highest BCUT2D eigenvalue weighted by Crippen LogP contribution is 2.15. The summed E-state index contributed by atoms with van der Waals surface area (Å²) in [5.41, 5.74) is 2.70. The molecule has 0 aliphatic heterocycles. The Balaban J connectivity index is 2.61. The highest BCUT2D eigenvalue weighted by molar-refractivity contribution is 5.47. The molecule has 0 radical (unpaired) electrons. The molecule has 90 valence electrons. The monoisotopic (exact) mass is 220 g/mol. The lowest BCUT2D eigenvalue weighted by molar-refractivity contribution is 0.726. The summed E-state index contributed by atoms with van der Waals surface area (Å²) in [5.74, 6) is 0. The van der Waals surface area contributed by atoms with Gasteiger partial charge in [-0.05, 0) is 37.6 Å². The van der Waals surface area contributed by atoms with Crippen LogP contribution in [0.15, 0.2) is 24.3 Å². The van der Waals surface area contributed by atoms with Crippen LogP contribution < -0.4 is 10.2 Å². The van der Waals surface area contributed by atoms with Gasteiger partial charge in [0.1, 0.15) is 0 Å². The van der Waals surface area contributed by atoms with Gasteiger partial charge in [0.05, 0.1) is 0 Å². The number of nitrogens with zero attached hydrogens (tertiary/aromatic N) is 1. The number of anilines is 1. The van der Waals surface area contributed by atoms with Crippen molar-refractivity contribution in [3.8, 4) is 0 Å². The van der Waals surface area contributed by atoms with E-state index in [1.54, 1.807) is 0 Å². The van der Waals surface area contributed by atoms with Gasteiger partial charge in [-0.2, -0.15) is 0 Å². The van der Waals surface area contributed by atoms with E-state index in [0.29, 0.717) is 0 Å². The minimum Gasteiger partial charge on any atom is -0.372 e. The van der Waals surface area contributed by atoms with Crippen LogP contribution in [0.3, 0.4) is 0 Å². The van der Waals surface area contributed by atoms with Gasteiger partial charge in [-0.25, -0.2) is 0 Å². The Morgan fingerprint density at radius 1 is 1.06 bits per heavy atom. The second-order valence-electron chi connectivity index (χ2n) is 4.03. The quantitative estimate of drug-likeness (QED) is 0.760. The lowest BCUT2D eigenvalue weighted by atomic mass is 10.2. The summed E-state index contributed by atoms with van der Waals surface area (Å²) in [6, 6.07) is 8.89. The third kappa shape index (κ3) is 3.86. The normalized spacial score (nSPS) is 10.4. The molecule has 0 aromatic heterocycles. The van der Waals surface area contributed by atoms with Gasteiger partial charge in [0, 0.05) is 25.3 Å². The van der Waals surface area contributed by atoms with Crippen molar-refractivity contribution in [1.29, 1.82) is 0 Å². The Morgan fingerprint density at radius 3 is 2.25 bits per heavy atom. The molecular formula is C14H24N2. The van der Waals surface area contributed by atoms with E-state index in [-0.39, 0.29) is 0 Å². The Morgan fingerprint density at radius 2 is 1.75 bits per heavy atom. The first-order chi connectivity index (χ1) is 7.81. The van der Waals surface area contributed by atoms with E-state index in [0.717, 1.165) is 26.2 Å². The first kappa shape index (κ1) is 13.0. The van der Waals surface area contributed by atoms with Gasteiger partial charge in [0.15, 0.2) is 0 Å². The van der Waals surface area contributed by atoms with Crippen molar-refractivity contribution in [1.82, 2.24) is 5.32 Å². The van der Waals surface area contributed by atoms with Crippen LogP contribution >= 0.6 is 0 Å². The fourth-order valence-electron chi connectivity index (χ4n) is 1.83. The SMILES string of the molecule is CCCN(CC)c1ccc(CNCC)cc1. The van der Waals surface area contributed by atoms with Crippen molar-refractivity contribution in [2.45, 2.75) is 33.7 Å². The summed E-state index contributed by atoms with van der Waals surface area (Å²) < 4.78 is 0. The maximum absolute atomic E-state index is 3.34. The number of rotatable bonds is 7. The highest BCUT2D eigenvalue weighted by Gasteiger charge is 2.02. The Hall–Kier alpha value is -1.02. The van der Waals surface area contributed by atoms with E-state index in [1.165, 1.54) is 17.7 Å². The Bertz CT molecular complexity index is 279. The molecule has 0 aliphatic carbocycles. The van der Waals surface area contributed by atoms with Crippen molar-refractivity contribution < 1.29 is 0 Å². The van der Waals surface area contributed by atoms with Crippen LogP contribution in [0.2, 0.25) is 0 Å². The van der Waals surface area contributed by atoms with Gasteiger partial charge in [-0.3, -0.25) is 0 Å². The minimum absolute atomic E-state index is 0.969. The molecule has 16 heavy (non-hydrogen) atoms. The standard InChI is InChI=1S/C14H24N2/c1-4-11-16(6-3)14-9-7-13(8-10-14)12-15-5-2/h7-10,15H,4-6,11-12H2,1-3H3. The number of hydrogen-bond acceptors (Lipinski definition) is 2. The Labute approximate surface area is 99.7 Å². The molecule has 1 aromatic rings. The van der Waals surface area contributed by atoms with Gasteiger partial charge in [0.25, 0.3) is 0 Å². The van der Waals surface area contributed by atoms with Gasteiger partial charge < -0.3 is 10.2 Å². The summed E-state index contributed by atoms with van der Waals surface area (Å²) in [4.78, 5) is 2.41. The van der Waals surface area contributed by atoms with Crippen LogP contribution in [0.5, 0.6) is 0 Å². The molecule has 2 nitrogen and oxygen atoms in total. The van der Waals surface area contributed by atoms with Gasteiger partial charge in [-0.1, -0.05) is 26.0 Å². The third-order valence-corrected chi connectivity index (χ3v) is 2.76. The van der Waals surface area contributed by atoms with E-state index in [9.17, 15) is 0 Å². The summed E-state index contributed by atoms with van der Waals surface area (Å²) in [7, 11) is 0. The first-order valence-electron chi connectivity index (χ1n) is 6.36. The van der Waals surface area contributed by atoms with Crippen molar-refractivity contribution in [3.63, 3.8) is 0 Å². The fraction of sp³-hybridized carbons (Fsp3) is 0.571. The zero-order valence-corrected chi connectivity index (χ0v) is 10.8. The van der Waals surface area contributed by atoms with Crippen LogP contribution in [0.25, 0.3) is 0 Å². The molecule has 0 heterocycles. The zero-order chi connectivity index (χ0) is 11.8. The molecule has 1 aromatic carbocycles. The maximum Gasteiger partial charge on any atom is 0.0366 e. The van der Waals surface area contributed by atoms with E-state index in [1.807, 2.05) is 0 Å². The average molecular weight is 220 g/mol. The summed E-state index contributed by atoms with van der Waals surface area (Å²) in [5, 5.41) is 3.34. The second-order valence-corrected chi connectivity index (χ2v) is 4.03. The van der Waals surface area contributed by atoms with Gasteiger partial charge in [0.2, 0.25) is 0 Å². The molecule has 0 saturated carbocycles. The first-order valence-corrected chi connectivity index (χ1v) is 6.36. The van der Waals surface area contributed by atoms with Crippen molar-refractivity contribution in [2.24, 2.45) is 0 Å². The predicted octanol–water partition coefficient (Wildman–Crippen LogP) is 3.03. The van der Waals surface area contributed by atoms with Crippen LogP contribution in [-0.2, 0) is 6.54 Å². The molecule has 0 unspecified atom stereocenters. The van der Waals surface area contributed by atoms with E-state index < -0.39 is 0 Å². The van der Waals surface area contributed by atoms with Gasteiger partial charge >= 0.3 is 0 Å². The van der Waals surface area contributed by atoms with E-state index >= 15 is 0 Å². The Kier molecular flexibility index (Phi) is 5.94. The largest absolute Gasteiger partial charge is 0.372 e. The molecule has 0 fully saturated rings. The summed E-state index contributed by atoms with van der Waals surface area (Å²) in [6.45, 7) is 10.8. The molecule has 0 aliphatic rings. The smallest absolute Gasteiger partial charge is 0.0366 e. The van der Waals surface area contributed by atoms with Crippen LogP contribution in [0, 0.1) is 0 Å². The zero-order valence-electron chi connectivity index (χ0n) is 10.8.